The summed E-state index contributed by atoms with van der Waals surface area (Å²) in [6, 6.07) is 6.91. The van der Waals surface area contributed by atoms with E-state index >= 15 is 0 Å². The molecule has 25 heavy (non-hydrogen) atoms. The van der Waals surface area contributed by atoms with Gasteiger partial charge in [0.15, 0.2) is 5.16 Å². The van der Waals surface area contributed by atoms with Crippen molar-refractivity contribution in [2.24, 2.45) is 0 Å². The summed E-state index contributed by atoms with van der Waals surface area (Å²) in [5.74, 6) is 0.775. The van der Waals surface area contributed by atoms with Gasteiger partial charge in [0, 0.05) is 30.1 Å². The average Bonchev–Trinajstić information content (AvgIpc) is 2.63. The number of carboxylic acid groups (broad SMARTS) is 1. The lowest BCUT2D eigenvalue weighted by Crippen LogP contribution is -2.37. The smallest absolute Gasteiger partial charge is 0.335 e. The van der Waals surface area contributed by atoms with Gasteiger partial charge in [-0.2, -0.15) is 0 Å². The second-order valence-electron chi connectivity index (χ2n) is 5.93. The third kappa shape index (κ3) is 4.29. The number of hydrogen-bond donors (Lipinski definition) is 1. The van der Waals surface area contributed by atoms with Crippen LogP contribution in [0.25, 0.3) is 0 Å². The summed E-state index contributed by atoms with van der Waals surface area (Å²) in [7, 11) is 0. The molecular weight excluding hydrogens is 338 g/mol. The van der Waals surface area contributed by atoms with Gasteiger partial charge in [-0.25, -0.2) is 14.8 Å². The Labute approximate surface area is 151 Å². The quantitative estimate of drug-likeness (QED) is 0.650. The molecule has 3 rings (SSSR count). The van der Waals surface area contributed by atoms with Crippen molar-refractivity contribution in [2.75, 3.05) is 31.2 Å². The number of morpholine rings is 1. The molecule has 1 aromatic carbocycles. The summed E-state index contributed by atoms with van der Waals surface area (Å²) in [6.45, 7) is 7.20. The highest BCUT2D eigenvalue weighted by molar-refractivity contribution is 7.98. The van der Waals surface area contributed by atoms with Crippen LogP contribution >= 0.6 is 11.8 Å². The minimum absolute atomic E-state index is 0.297. The van der Waals surface area contributed by atoms with Crippen LogP contribution in [0, 0.1) is 13.8 Å². The van der Waals surface area contributed by atoms with Gasteiger partial charge in [-0.15, -0.1) is 0 Å². The molecule has 2 heterocycles. The molecule has 0 saturated carbocycles. The van der Waals surface area contributed by atoms with Gasteiger partial charge >= 0.3 is 5.97 Å². The van der Waals surface area contributed by atoms with Crippen molar-refractivity contribution in [3.05, 3.63) is 46.6 Å². The Kier molecular flexibility index (Phi) is 5.55. The zero-order chi connectivity index (χ0) is 17.8. The van der Waals surface area contributed by atoms with Gasteiger partial charge in [-0.05, 0) is 31.5 Å². The first-order valence-electron chi connectivity index (χ1n) is 8.17. The van der Waals surface area contributed by atoms with Crippen molar-refractivity contribution >= 4 is 23.5 Å². The van der Waals surface area contributed by atoms with Crippen LogP contribution in [0.2, 0.25) is 0 Å². The average molecular weight is 359 g/mol. The normalized spacial score (nSPS) is 14.6. The molecule has 0 amide bonds. The number of aryl methyl sites for hydroxylation is 1. The van der Waals surface area contributed by atoms with Gasteiger partial charge < -0.3 is 14.7 Å². The molecule has 7 heteroatoms. The number of carbonyl (C=O) groups is 1. The van der Waals surface area contributed by atoms with Crippen molar-refractivity contribution < 1.29 is 14.6 Å². The Morgan fingerprint density at radius 3 is 2.52 bits per heavy atom. The maximum atomic E-state index is 10.9. The second-order valence-corrected chi connectivity index (χ2v) is 6.87. The van der Waals surface area contributed by atoms with E-state index in [2.05, 4.69) is 16.8 Å². The fraction of sp³-hybridized carbons (Fsp3) is 0.389. The molecule has 1 aliphatic heterocycles. The number of thioether (sulfide) groups is 1. The van der Waals surface area contributed by atoms with Gasteiger partial charge in [0.1, 0.15) is 5.82 Å². The number of carboxylic acids is 1. The monoisotopic (exact) mass is 359 g/mol. The van der Waals surface area contributed by atoms with E-state index in [9.17, 15) is 4.79 Å². The fourth-order valence-corrected chi connectivity index (χ4v) is 3.47. The molecule has 6 nitrogen and oxygen atoms in total. The second kappa shape index (κ2) is 7.84. The van der Waals surface area contributed by atoms with Crippen molar-refractivity contribution in [1.29, 1.82) is 0 Å². The van der Waals surface area contributed by atoms with Crippen LogP contribution in [0.4, 0.5) is 5.82 Å². The largest absolute Gasteiger partial charge is 0.478 e. The summed E-state index contributed by atoms with van der Waals surface area (Å²) in [6.07, 6.45) is 0. The van der Waals surface area contributed by atoms with Crippen molar-refractivity contribution in [1.82, 2.24) is 9.97 Å². The molecule has 0 aliphatic carbocycles. The number of hydrogen-bond acceptors (Lipinski definition) is 6. The Morgan fingerprint density at radius 2 is 1.88 bits per heavy atom. The van der Waals surface area contributed by atoms with Crippen LogP contribution in [0.1, 0.15) is 27.2 Å². The molecule has 0 radical (unpaired) electrons. The summed E-state index contributed by atoms with van der Waals surface area (Å²) >= 11 is 1.56. The molecular formula is C18H21N3O3S. The van der Waals surface area contributed by atoms with Crippen LogP contribution in [0.3, 0.4) is 0 Å². The molecule has 0 spiro atoms. The van der Waals surface area contributed by atoms with Crippen LogP contribution < -0.4 is 4.90 Å². The minimum Gasteiger partial charge on any atom is -0.478 e. The Bertz CT molecular complexity index is 759. The van der Waals surface area contributed by atoms with Crippen LogP contribution in [0.5, 0.6) is 0 Å². The molecule has 1 fully saturated rings. The third-order valence-corrected chi connectivity index (χ3v) is 5.14. The van der Waals surface area contributed by atoms with E-state index in [1.54, 1.807) is 23.9 Å². The molecule has 0 bridgehead atoms. The molecule has 0 atom stereocenters. The highest BCUT2D eigenvalue weighted by Crippen LogP contribution is 2.26. The lowest BCUT2D eigenvalue weighted by Gasteiger charge is -2.29. The molecule has 132 valence electrons. The number of benzene rings is 1. The number of aromatic carboxylic acids is 1. The van der Waals surface area contributed by atoms with Gasteiger partial charge in [-0.1, -0.05) is 23.9 Å². The van der Waals surface area contributed by atoms with Gasteiger partial charge in [0.05, 0.1) is 18.8 Å². The summed E-state index contributed by atoms with van der Waals surface area (Å²) in [5, 5.41) is 9.70. The first kappa shape index (κ1) is 17.7. The zero-order valence-corrected chi connectivity index (χ0v) is 15.2. The molecule has 1 N–H and O–H groups in total. The summed E-state index contributed by atoms with van der Waals surface area (Å²) in [5.41, 5.74) is 3.44. The van der Waals surface area contributed by atoms with Crippen molar-refractivity contribution in [2.45, 2.75) is 24.8 Å². The van der Waals surface area contributed by atoms with E-state index in [4.69, 9.17) is 14.8 Å². The number of nitrogens with zero attached hydrogens (tertiary/aromatic N) is 3. The van der Waals surface area contributed by atoms with E-state index in [-0.39, 0.29) is 0 Å². The Hall–Kier alpha value is -2.12. The van der Waals surface area contributed by atoms with E-state index in [1.165, 1.54) is 0 Å². The maximum Gasteiger partial charge on any atom is 0.335 e. The molecule has 2 aromatic rings. The third-order valence-electron chi connectivity index (χ3n) is 4.22. The summed E-state index contributed by atoms with van der Waals surface area (Å²) in [4.78, 5) is 22.5. The van der Waals surface area contributed by atoms with Gasteiger partial charge in [0.2, 0.25) is 0 Å². The number of ether oxygens (including phenoxy) is 1. The van der Waals surface area contributed by atoms with Crippen molar-refractivity contribution in [3.63, 3.8) is 0 Å². The van der Waals surface area contributed by atoms with E-state index in [0.29, 0.717) is 11.3 Å². The van der Waals surface area contributed by atoms with Gasteiger partial charge in [0.25, 0.3) is 0 Å². The van der Waals surface area contributed by atoms with E-state index in [0.717, 1.165) is 54.1 Å². The van der Waals surface area contributed by atoms with Gasteiger partial charge in [-0.3, -0.25) is 0 Å². The Balaban J connectivity index is 1.73. The van der Waals surface area contributed by atoms with Crippen LogP contribution in [0.15, 0.2) is 29.4 Å². The maximum absolute atomic E-state index is 10.9. The lowest BCUT2D eigenvalue weighted by molar-refractivity contribution is 0.0697. The lowest BCUT2D eigenvalue weighted by atomic mass is 10.1. The Morgan fingerprint density at radius 1 is 1.20 bits per heavy atom. The highest BCUT2D eigenvalue weighted by Gasteiger charge is 2.17. The zero-order valence-electron chi connectivity index (χ0n) is 14.4. The predicted molar refractivity (Wildman–Crippen MR) is 97.5 cm³/mol. The minimum atomic E-state index is -0.910. The molecule has 1 saturated heterocycles. The SMILES string of the molecule is Cc1nc(SCc2ccc(C(=O)O)cc2)nc(N2CCOCC2)c1C. The number of anilines is 1. The molecule has 1 aliphatic rings. The number of rotatable bonds is 5. The van der Waals surface area contributed by atoms with Crippen molar-refractivity contribution in [3.8, 4) is 0 Å². The topological polar surface area (TPSA) is 75.5 Å². The summed E-state index contributed by atoms with van der Waals surface area (Å²) < 4.78 is 5.42. The standard InChI is InChI=1S/C18H21N3O3S/c1-12-13(2)19-18(20-16(12)21-7-9-24-10-8-21)25-11-14-3-5-15(6-4-14)17(22)23/h3-6H,7-11H2,1-2H3,(H,22,23). The first-order valence-corrected chi connectivity index (χ1v) is 9.16. The number of aromatic nitrogens is 2. The van der Waals surface area contributed by atoms with E-state index < -0.39 is 5.97 Å². The van der Waals surface area contributed by atoms with Crippen LogP contribution in [-0.2, 0) is 10.5 Å². The van der Waals surface area contributed by atoms with Crippen LogP contribution in [-0.4, -0.2) is 47.3 Å². The van der Waals surface area contributed by atoms with E-state index in [1.807, 2.05) is 19.1 Å². The molecule has 0 unspecified atom stereocenters. The molecule has 1 aromatic heterocycles. The first-order chi connectivity index (χ1) is 12.0. The highest BCUT2D eigenvalue weighted by atomic mass is 32.2. The predicted octanol–water partition coefficient (Wildman–Crippen LogP) is 2.92. The fourth-order valence-electron chi connectivity index (χ4n) is 2.63.